The van der Waals surface area contributed by atoms with Crippen molar-refractivity contribution in [2.45, 2.75) is 32.7 Å². The Kier molecular flexibility index (Phi) is 4.92. The van der Waals surface area contributed by atoms with Crippen LogP contribution in [0, 0.1) is 0 Å². The van der Waals surface area contributed by atoms with E-state index in [4.69, 9.17) is 5.11 Å². The lowest BCUT2D eigenvalue weighted by molar-refractivity contribution is 0.0951. The molecule has 0 atom stereocenters. The third-order valence-corrected chi connectivity index (χ3v) is 3.21. The Labute approximate surface area is 130 Å². The smallest absolute Gasteiger partial charge is 0.252 e. The molecule has 2 heterocycles. The van der Waals surface area contributed by atoms with Crippen molar-refractivity contribution in [2.75, 3.05) is 13.2 Å². The number of aromatic nitrogens is 3. The molecule has 0 aliphatic heterocycles. The van der Waals surface area contributed by atoms with Gasteiger partial charge in [0.05, 0.1) is 23.0 Å². The third-order valence-electron chi connectivity index (χ3n) is 3.21. The Morgan fingerprint density at radius 1 is 1.32 bits per heavy atom. The van der Waals surface area contributed by atoms with Crippen LogP contribution in [-0.4, -0.2) is 38.9 Å². The summed E-state index contributed by atoms with van der Waals surface area (Å²) < 4.78 is 1.89. The molecule has 0 aromatic carbocycles. The van der Waals surface area contributed by atoms with Crippen LogP contribution >= 0.6 is 0 Å². The van der Waals surface area contributed by atoms with E-state index in [-0.39, 0.29) is 18.1 Å². The maximum atomic E-state index is 11.9. The topological polar surface area (TPSA) is 80.0 Å². The van der Waals surface area contributed by atoms with Crippen molar-refractivity contribution in [1.82, 2.24) is 20.1 Å². The lowest BCUT2D eigenvalue weighted by Gasteiger charge is -2.18. The van der Waals surface area contributed by atoms with Gasteiger partial charge in [0.1, 0.15) is 0 Å². The summed E-state index contributed by atoms with van der Waals surface area (Å²) in [5.74, 6) is -0.183. The van der Waals surface area contributed by atoms with Crippen molar-refractivity contribution in [3.63, 3.8) is 0 Å². The van der Waals surface area contributed by atoms with Crippen LogP contribution in [0.2, 0.25) is 0 Å². The highest BCUT2D eigenvalue weighted by Gasteiger charge is 2.15. The normalized spacial score (nSPS) is 11.5. The quantitative estimate of drug-likeness (QED) is 0.826. The van der Waals surface area contributed by atoms with E-state index in [0.29, 0.717) is 18.5 Å². The van der Waals surface area contributed by atoms with Gasteiger partial charge in [-0.15, -0.1) is 0 Å². The maximum absolute atomic E-state index is 11.9. The van der Waals surface area contributed by atoms with Crippen molar-refractivity contribution in [2.24, 2.45) is 0 Å². The Bertz CT molecular complexity index is 626. The molecule has 22 heavy (non-hydrogen) atoms. The zero-order chi connectivity index (χ0) is 16.2. The highest BCUT2D eigenvalue weighted by molar-refractivity contribution is 5.94. The van der Waals surface area contributed by atoms with Crippen molar-refractivity contribution in [3.05, 3.63) is 36.3 Å². The van der Waals surface area contributed by atoms with Crippen molar-refractivity contribution in [3.8, 4) is 11.3 Å². The van der Waals surface area contributed by atoms with Gasteiger partial charge in [0.15, 0.2) is 0 Å². The predicted octanol–water partition coefficient (Wildman–Crippen LogP) is 1.81. The number of hydrogen-bond acceptors (Lipinski definition) is 4. The number of aliphatic hydroxyl groups excluding tert-OH is 1. The summed E-state index contributed by atoms with van der Waals surface area (Å²) in [6.45, 7) is 6.76. The summed E-state index contributed by atoms with van der Waals surface area (Å²) >= 11 is 0. The summed E-state index contributed by atoms with van der Waals surface area (Å²) in [5.41, 5.74) is 2.12. The number of amides is 1. The van der Waals surface area contributed by atoms with E-state index in [1.54, 1.807) is 18.5 Å². The molecule has 0 fully saturated rings. The second-order valence-corrected chi connectivity index (χ2v) is 6.11. The van der Waals surface area contributed by atoms with Crippen LogP contribution < -0.4 is 5.32 Å². The van der Waals surface area contributed by atoms with Crippen LogP contribution in [0.1, 0.15) is 37.6 Å². The van der Waals surface area contributed by atoms with Gasteiger partial charge < -0.3 is 10.4 Å². The van der Waals surface area contributed by atoms with E-state index in [1.165, 1.54) is 0 Å². The largest absolute Gasteiger partial charge is 0.396 e. The van der Waals surface area contributed by atoms with Gasteiger partial charge >= 0.3 is 0 Å². The molecule has 0 saturated heterocycles. The second-order valence-electron chi connectivity index (χ2n) is 6.11. The van der Waals surface area contributed by atoms with Gasteiger partial charge in [-0.05, 0) is 39.3 Å². The first-order valence-electron chi connectivity index (χ1n) is 7.32. The van der Waals surface area contributed by atoms with Crippen LogP contribution in [0.25, 0.3) is 11.3 Å². The molecule has 6 heteroatoms. The molecule has 0 spiro atoms. The average Bonchev–Trinajstić information content (AvgIpc) is 2.97. The minimum atomic E-state index is -0.183. The fraction of sp³-hybridized carbons (Fsp3) is 0.438. The Hall–Kier alpha value is -2.21. The van der Waals surface area contributed by atoms with E-state index < -0.39 is 0 Å². The van der Waals surface area contributed by atoms with Crippen LogP contribution in [0.15, 0.2) is 30.7 Å². The van der Waals surface area contributed by atoms with Gasteiger partial charge in [-0.2, -0.15) is 5.10 Å². The molecule has 0 unspecified atom stereocenters. The summed E-state index contributed by atoms with van der Waals surface area (Å²) in [5, 5.41) is 15.8. The molecule has 118 valence electrons. The Morgan fingerprint density at radius 2 is 2.09 bits per heavy atom. The van der Waals surface area contributed by atoms with E-state index in [0.717, 1.165) is 11.3 Å². The minimum absolute atomic E-state index is 0.0647. The molecular weight excluding hydrogens is 280 g/mol. The summed E-state index contributed by atoms with van der Waals surface area (Å²) in [4.78, 5) is 16.2. The Morgan fingerprint density at radius 3 is 2.64 bits per heavy atom. The lowest BCUT2D eigenvalue weighted by Crippen LogP contribution is -2.25. The Balaban J connectivity index is 2.08. The first kappa shape index (κ1) is 16.2. The number of pyridine rings is 1. The molecule has 1 amide bonds. The predicted molar refractivity (Wildman–Crippen MR) is 84.5 cm³/mol. The van der Waals surface area contributed by atoms with Crippen molar-refractivity contribution < 1.29 is 9.90 Å². The first-order chi connectivity index (χ1) is 10.4. The van der Waals surface area contributed by atoms with Crippen LogP contribution in [0.3, 0.4) is 0 Å². The fourth-order valence-corrected chi connectivity index (χ4v) is 1.90. The number of carbonyl (C=O) groups excluding carboxylic acids is 1. The summed E-state index contributed by atoms with van der Waals surface area (Å²) in [6, 6.07) is 3.55. The van der Waals surface area contributed by atoms with E-state index >= 15 is 0 Å². The SMILES string of the molecule is CC(C)(C)n1cc(-c2ccc(C(=O)NCCCO)cn2)cn1. The molecule has 0 radical (unpaired) electrons. The fourth-order valence-electron chi connectivity index (χ4n) is 1.90. The summed E-state index contributed by atoms with van der Waals surface area (Å²) in [6.07, 6.45) is 5.82. The van der Waals surface area contributed by atoms with Crippen molar-refractivity contribution in [1.29, 1.82) is 0 Å². The van der Waals surface area contributed by atoms with Gasteiger partial charge in [0, 0.05) is 31.1 Å². The minimum Gasteiger partial charge on any atom is -0.396 e. The molecule has 0 aliphatic rings. The molecule has 2 rings (SSSR count). The standard InChI is InChI=1S/C16H22N4O2/c1-16(2,3)20-11-13(10-19-20)14-6-5-12(9-18-14)15(22)17-7-4-8-21/h5-6,9-11,21H,4,7-8H2,1-3H3,(H,17,22). The highest BCUT2D eigenvalue weighted by Crippen LogP contribution is 2.20. The van der Waals surface area contributed by atoms with Crippen LogP contribution in [0.4, 0.5) is 0 Å². The number of rotatable bonds is 5. The zero-order valence-electron chi connectivity index (χ0n) is 13.2. The number of nitrogens with one attached hydrogen (secondary N) is 1. The molecule has 2 aromatic heterocycles. The first-order valence-corrected chi connectivity index (χ1v) is 7.32. The molecule has 2 N–H and O–H groups in total. The van der Waals surface area contributed by atoms with Gasteiger partial charge in [0.2, 0.25) is 0 Å². The number of aliphatic hydroxyl groups is 1. The van der Waals surface area contributed by atoms with Crippen LogP contribution in [-0.2, 0) is 5.54 Å². The third kappa shape index (κ3) is 3.92. The van der Waals surface area contributed by atoms with Gasteiger partial charge in [0.25, 0.3) is 5.91 Å². The van der Waals surface area contributed by atoms with E-state index in [1.807, 2.05) is 16.9 Å². The maximum Gasteiger partial charge on any atom is 0.252 e. The average molecular weight is 302 g/mol. The molecule has 0 aliphatic carbocycles. The molecule has 0 bridgehead atoms. The number of carbonyl (C=O) groups is 1. The van der Waals surface area contributed by atoms with E-state index in [2.05, 4.69) is 36.2 Å². The molecule has 0 saturated carbocycles. The second kappa shape index (κ2) is 6.70. The highest BCUT2D eigenvalue weighted by atomic mass is 16.3. The molecule has 2 aromatic rings. The van der Waals surface area contributed by atoms with Crippen molar-refractivity contribution >= 4 is 5.91 Å². The number of hydrogen-bond donors (Lipinski definition) is 2. The van der Waals surface area contributed by atoms with Gasteiger partial charge in [-0.1, -0.05) is 0 Å². The number of nitrogens with zero attached hydrogens (tertiary/aromatic N) is 3. The monoisotopic (exact) mass is 302 g/mol. The van der Waals surface area contributed by atoms with Gasteiger partial charge in [-0.3, -0.25) is 14.5 Å². The summed E-state index contributed by atoms with van der Waals surface area (Å²) in [7, 11) is 0. The lowest BCUT2D eigenvalue weighted by atomic mass is 10.1. The molecular formula is C16H22N4O2. The van der Waals surface area contributed by atoms with Crippen LogP contribution in [0.5, 0.6) is 0 Å². The molecule has 6 nitrogen and oxygen atoms in total. The zero-order valence-corrected chi connectivity index (χ0v) is 13.2. The van der Waals surface area contributed by atoms with E-state index in [9.17, 15) is 4.79 Å². The van der Waals surface area contributed by atoms with Gasteiger partial charge in [-0.25, -0.2) is 0 Å².